The van der Waals surface area contributed by atoms with Gasteiger partial charge in [0.2, 0.25) is 0 Å². The van der Waals surface area contributed by atoms with E-state index in [4.69, 9.17) is 10.00 Å². The minimum absolute atomic E-state index is 0.215. The Hall–Kier alpha value is -2.39. The van der Waals surface area contributed by atoms with Crippen molar-refractivity contribution in [3.05, 3.63) is 41.4 Å². The maximum absolute atomic E-state index is 12.2. The van der Waals surface area contributed by atoms with Gasteiger partial charge in [0.15, 0.2) is 11.2 Å². The van der Waals surface area contributed by atoms with Crippen molar-refractivity contribution in [1.29, 1.82) is 5.26 Å². The Balaban J connectivity index is 2.10. The minimum Gasteiger partial charge on any atom is -0.479 e. The first kappa shape index (κ1) is 14.0. The van der Waals surface area contributed by atoms with Crippen LogP contribution in [0.5, 0.6) is 5.75 Å². The van der Waals surface area contributed by atoms with E-state index in [1.165, 1.54) is 16.2 Å². The van der Waals surface area contributed by atoms with Gasteiger partial charge < -0.3 is 4.74 Å². The van der Waals surface area contributed by atoms with Crippen molar-refractivity contribution < 1.29 is 9.53 Å². The number of anilines is 1. The predicted molar refractivity (Wildman–Crippen MR) is 76.8 cm³/mol. The summed E-state index contributed by atoms with van der Waals surface area (Å²) < 4.78 is 5.58. The topological polar surface area (TPSA) is 66.2 Å². The number of hydrogen-bond acceptors (Lipinski definition) is 5. The van der Waals surface area contributed by atoms with Crippen LogP contribution >= 0.6 is 11.3 Å². The smallest absolute Gasteiger partial charge is 0.269 e. The number of nitrogens with zero attached hydrogens (tertiary/aromatic N) is 3. The average Bonchev–Trinajstić information content (AvgIpc) is 3.00. The fourth-order valence-electron chi connectivity index (χ4n) is 1.65. The van der Waals surface area contributed by atoms with Gasteiger partial charge in [-0.25, -0.2) is 4.98 Å². The summed E-state index contributed by atoms with van der Waals surface area (Å²) >= 11 is 1.38. The fraction of sp³-hybridized carbons (Fsp3) is 0.214. The molecule has 1 aromatic carbocycles. The quantitative estimate of drug-likeness (QED) is 0.866. The molecule has 1 aromatic heterocycles. The van der Waals surface area contributed by atoms with Crippen molar-refractivity contribution >= 4 is 22.4 Å². The highest BCUT2D eigenvalue weighted by Gasteiger charge is 2.22. The zero-order chi connectivity index (χ0) is 14.5. The van der Waals surface area contributed by atoms with Crippen molar-refractivity contribution in [3.8, 4) is 11.8 Å². The number of aromatic nitrogens is 1. The number of hydrogen-bond donors (Lipinski definition) is 0. The minimum atomic E-state index is -0.696. The van der Waals surface area contributed by atoms with E-state index in [1.54, 1.807) is 49.8 Å². The van der Waals surface area contributed by atoms with E-state index >= 15 is 0 Å². The van der Waals surface area contributed by atoms with Crippen molar-refractivity contribution in [3.63, 3.8) is 0 Å². The molecule has 0 N–H and O–H groups in total. The highest BCUT2D eigenvalue weighted by molar-refractivity contribution is 7.13. The summed E-state index contributed by atoms with van der Waals surface area (Å²) in [5.74, 6) is 0.191. The van der Waals surface area contributed by atoms with Crippen molar-refractivity contribution in [2.75, 3.05) is 11.9 Å². The predicted octanol–water partition coefficient (Wildman–Crippen LogP) is 2.45. The molecule has 2 rings (SSSR count). The molecular weight excluding hydrogens is 274 g/mol. The van der Waals surface area contributed by atoms with E-state index in [0.29, 0.717) is 16.4 Å². The molecule has 0 aliphatic rings. The third kappa shape index (κ3) is 2.95. The van der Waals surface area contributed by atoms with Crippen LogP contribution in [0.3, 0.4) is 0 Å². The summed E-state index contributed by atoms with van der Waals surface area (Å²) in [5, 5.41) is 11.4. The first-order valence-corrected chi connectivity index (χ1v) is 6.84. The zero-order valence-corrected chi connectivity index (χ0v) is 11.9. The first-order valence-electron chi connectivity index (χ1n) is 5.96. The van der Waals surface area contributed by atoms with Gasteiger partial charge in [-0.05, 0) is 19.1 Å². The highest BCUT2D eigenvalue weighted by Crippen LogP contribution is 2.21. The molecule has 0 saturated carbocycles. The summed E-state index contributed by atoms with van der Waals surface area (Å²) in [7, 11) is 1.65. The summed E-state index contributed by atoms with van der Waals surface area (Å²) in [5.41, 5.74) is 0.407. The molecule has 0 aliphatic heterocycles. The van der Waals surface area contributed by atoms with E-state index < -0.39 is 6.10 Å². The summed E-state index contributed by atoms with van der Waals surface area (Å²) in [6, 6.07) is 8.87. The molecule has 0 saturated heterocycles. The van der Waals surface area contributed by atoms with Crippen LogP contribution in [0.2, 0.25) is 0 Å². The number of carbonyl (C=O) groups is 1. The molecule has 6 heteroatoms. The molecule has 102 valence electrons. The first-order chi connectivity index (χ1) is 9.63. The second kappa shape index (κ2) is 6.17. The number of likely N-dealkylation sites (N-methyl/N-ethyl adjacent to an activating group) is 1. The molecule has 1 amide bonds. The van der Waals surface area contributed by atoms with Gasteiger partial charge in [-0.1, -0.05) is 12.1 Å². The lowest BCUT2D eigenvalue weighted by atomic mass is 10.2. The molecule has 0 fully saturated rings. The number of thiazole rings is 1. The van der Waals surface area contributed by atoms with Gasteiger partial charge in [0.1, 0.15) is 11.8 Å². The fourth-order valence-corrected chi connectivity index (χ4v) is 2.26. The monoisotopic (exact) mass is 287 g/mol. The van der Waals surface area contributed by atoms with Crippen molar-refractivity contribution in [2.45, 2.75) is 13.0 Å². The number of amides is 1. The molecule has 1 atom stereocenters. The Morgan fingerprint density at radius 3 is 2.90 bits per heavy atom. The van der Waals surface area contributed by atoms with Gasteiger partial charge in [0.05, 0.1) is 5.56 Å². The second-order valence-electron chi connectivity index (χ2n) is 4.08. The molecule has 20 heavy (non-hydrogen) atoms. The number of rotatable bonds is 4. The Bertz CT molecular complexity index is 634. The largest absolute Gasteiger partial charge is 0.479 e. The average molecular weight is 287 g/mol. The van der Waals surface area contributed by atoms with E-state index in [-0.39, 0.29) is 5.91 Å². The Labute approximate surface area is 121 Å². The number of benzene rings is 1. The zero-order valence-electron chi connectivity index (χ0n) is 11.1. The van der Waals surface area contributed by atoms with Crippen LogP contribution in [-0.4, -0.2) is 24.0 Å². The third-order valence-electron chi connectivity index (χ3n) is 2.70. The standard InChI is InChI=1S/C14H13N3O2S/c1-10(13(18)17(2)14-16-7-8-20-14)19-12-6-4-3-5-11(12)9-15/h3-8,10H,1-2H3/t10-/m0/s1. The molecule has 0 bridgehead atoms. The highest BCUT2D eigenvalue weighted by atomic mass is 32.1. The van der Waals surface area contributed by atoms with Gasteiger partial charge in [-0.3, -0.25) is 9.69 Å². The van der Waals surface area contributed by atoms with E-state index in [2.05, 4.69) is 4.98 Å². The van der Waals surface area contributed by atoms with Crippen LogP contribution in [-0.2, 0) is 4.79 Å². The summed E-state index contributed by atoms with van der Waals surface area (Å²) in [4.78, 5) is 17.8. The van der Waals surface area contributed by atoms with Crippen LogP contribution in [0, 0.1) is 11.3 Å². The van der Waals surface area contributed by atoms with Crippen LogP contribution in [0.1, 0.15) is 12.5 Å². The van der Waals surface area contributed by atoms with Gasteiger partial charge in [-0.2, -0.15) is 5.26 Å². The SMILES string of the molecule is C[C@H](Oc1ccccc1C#N)C(=O)N(C)c1nccs1. The summed E-state index contributed by atoms with van der Waals surface area (Å²) in [6.45, 7) is 1.65. The normalized spacial score (nSPS) is 11.4. The molecule has 5 nitrogen and oxygen atoms in total. The Morgan fingerprint density at radius 2 is 2.25 bits per heavy atom. The molecular formula is C14H13N3O2S. The van der Waals surface area contributed by atoms with Crippen LogP contribution in [0.15, 0.2) is 35.8 Å². The van der Waals surface area contributed by atoms with Crippen LogP contribution in [0.4, 0.5) is 5.13 Å². The lowest BCUT2D eigenvalue weighted by molar-refractivity contribution is -0.124. The van der Waals surface area contributed by atoms with Gasteiger partial charge in [0.25, 0.3) is 5.91 Å². The molecule has 1 heterocycles. The molecule has 0 spiro atoms. The van der Waals surface area contributed by atoms with E-state index in [1.807, 2.05) is 6.07 Å². The molecule has 2 aromatic rings. The van der Waals surface area contributed by atoms with E-state index in [0.717, 1.165) is 0 Å². The molecule has 0 radical (unpaired) electrons. The maximum Gasteiger partial charge on any atom is 0.269 e. The molecule has 0 aliphatic carbocycles. The maximum atomic E-state index is 12.2. The summed E-state index contributed by atoms with van der Waals surface area (Å²) in [6.07, 6.45) is 0.943. The number of para-hydroxylation sites is 1. The van der Waals surface area contributed by atoms with Crippen molar-refractivity contribution in [1.82, 2.24) is 4.98 Å². The van der Waals surface area contributed by atoms with Gasteiger partial charge in [0, 0.05) is 18.6 Å². The number of nitriles is 1. The molecule has 0 unspecified atom stereocenters. The van der Waals surface area contributed by atoms with Crippen molar-refractivity contribution in [2.24, 2.45) is 0 Å². The Kier molecular flexibility index (Phi) is 4.33. The second-order valence-corrected chi connectivity index (χ2v) is 4.95. The van der Waals surface area contributed by atoms with Gasteiger partial charge in [-0.15, -0.1) is 11.3 Å². The Morgan fingerprint density at radius 1 is 1.50 bits per heavy atom. The number of carbonyl (C=O) groups excluding carboxylic acids is 1. The lowest BCUT2D eigenvalue weighted by Crippen LogP contribution is -2.38. The number of ether oxygens (including phenoxy) is 1. The third-order valence-corrected chi connectivity index (χ3v) is 3.54. The van der Waals surface area contributed by atoms with Crippen LogP contribution < -0.4 is 9.64 Å². The lowest BCUT2D eigenvalue weighted by Gasteiger charge is -2.20. The van der Waals surface area contributed by atoms with E-state index in [9.17, 15) is 4.79 Å². The van der Waals surface area contributed by atoms with Crippen LogP contribution in [0.25, 0.3) is 0 Å². The van der Waals surface area contributed by atoms with Gasteiger partial charge >= 0.3 is 0 Å².